The standard InChI is InChI=1S/C14H26N2O3/c1-6-14(3,4)15-12(17)10(2)16-8-7-11(9-16)13(18)19-5/h10-11H,6-9H2,1-5H3,(H,15,17). The quantitative estimate of drug-likeness (QED) is 0.762. The van der Waals surface area contributed by atoms with Crippen LogP contribution in [0.15, 0.2) is 0 Å². The zero-order valence-corrected chi connectivity index (χ0v) is 12.7. The van der Waals surface area contributed by atoms with E-state index in [1.807, 2.05) is 32.6 Å². The van der Waals surface area contributed by atoms with Crippen LogP contribution in [0.1, 0.15) is 40.5 Å². The Morgan fingerprint density at radius 1 is 1.47 bits per heavy atom. The second-order valence-electron chi connectivity index (χ2n) is 5.91. The molecule has 0 aromatic carbocycles. The molecule has 1 amide bonds. The Balaban J connectivity index is 2.53. The zero-order valence-electron chi connectivity index (χ0n) is 12.7. The molecule has 0 bridgehead atoms. The molecule has 5 heteroatoms. The van der Waals surface area contributed by atoms with E-state index < -0.39 is 0 Å². The number of hydrogen-bond donors (Lipinski definition) is 1. The Hall–Kier alpha value is -1.10. The number of carbonyl (C=O) groups excluding carboxylic acids is 2. The summed E-state index contributed by atoms with van der Waals surface area (Å²) in [6, 6.07) is -0.208. The minimum Gasteiger partial charge on any atom is -0.469 e. The van der Waals surface area contributed by atoms with Crippen molar-refractivity contribution in [3.63, 3.8) is 0 Å². The van der Waals surface area contributed by atoms with E-state index in [1.165, 1.54) is 7.11 Å². The zero-order chi connectivity index (χ0) is 14.6. The molecular formula is C14H26N2O3. The molecule has 110 valence electrons. The summed E-state index contributed by atoms with van der Waals surface area (Å²) >= 11 is 0. The van der Waals surface area contributed by atoms with Gasteiger partial charge >= 0.3 is 5.97 Å². The number of hydrogen-bond acceptors (Lipinski definition) is 4. The monoisotopic (exact) mass is 270 g/mol. The molecule has 19 heavy (non-hydrogen) atoms. The van der Waals surface area contributed by atoms with Gasteiger partial charge in [0, 0.05) is 12.1 Å². The average Bonchev–Trinajstić information content (AvgIpc) is 2.85. The fourth-order valence-corrected chi connectivity index (χ4v) is 2.19. The summed E-state index contributed by atoms with van der Waals surface area (Å²) in [5.41, 5.74) is -0.188. The SMILES string of the molecule is CCC(C)(C)NC(=O)C(C)N1CCC(C(=O)OC)C1. The summed E-state index contributed by atoms with van der Waals surface area (Å²) in [7, 11) is 1.41. The van der Waals surface area contributed by atoms with Crippen LogP contribution in [0.4, 0.5) is 0 Å². The maximum atomic E-state index is 12.2. The molecule has 0 spiro atoms. The number of carbonyl (C=O) groups is 2. The van der Waals surface area contributed by atoms with Gasteiger partial charge in [0.15, 0.2) is 0 Å². The number of nitrogens with one attached hydrogen (secondary N) is 1. The van der Waals surface area contributed by atoms with Crippen LogP contribution < -0.4 is 5.32 Å². The van der Waals surface area contributed by atoms with E-state index in [9.17, 15) is 9.59 Å². The molecule has 0 radical (unpaired) electrons. The number of likely N-dealkylation sites (tertiary alicyclic amines) is 1. The van der Waals surface area contributed by atoms with E-state index in [0.29, 0.717) is 6.54 Å². The summed E-state index contributed by atoms with van der Waals surface area (Å²) in [5, 5.41) is 3.04. The van der Waals surface area contributed by atoms with Crippen LogP contribution in [0.5, 0.6) is 0 Å². The smallest absolute Gasteiger partial charge is 0.310 e. The molecule has 5 nitrogen and oxygen atoms in total. The molecule has 2 unspecified atom stereocenters. The summed E-state index contributed by atoms with van der Waals surface area (Å²) in [5.74, 6) is -0.249. The van der Waals surface area contributed by atoms with E-state index in [4.69, 9.17) is 4.74 Å². The van der Waals surface area contributed by atoms with E-state index in [-0.39, 0.29) is 29.4 Å². The van der Waals surface area contributed by atoms with Gasteiger partial charge in [-0.25, -0.2) is 0 Å². The third-order valence-electron chi connectivity index (χ3n) is 4.03. The van der Waals surface area contributed by atoms with Crippen molar-refractivity contribution in [2.24, 2.45) is 5.92 Å². The Bertz CT molecular complexity index is 342. The summed E-state index contributed by atoms with van der Waals surface area (Å²) in [6.45, 7) is 9.33. The highest BCUT2D eigenvalue weighted by molar-refractivity contribution is 5.82. The van der Waals surface area contributed by atoms with Gasteiger partial charge in [0.2, 0.25) is 5.91 Å². The van der Waals surface area contributed by atoms with Crippen LogP contribution >= 0.6 is 0 Å². The first-order valence-electron chi connectivity index (χ1n) is 6.94. The fraction of sp³-hybridized carbons (Fsp3) is 0.857. The maximum absolute atomic E-state index is 12.2. The lowest BCUT2D eigenvalue weighted by atomic mass is 10.0. The minimum absolute atomic E-state index is 0.0253. The third kappa shape index (κ3) is 4.20. The van der Waals surface area contributed by atoms with Gasteiger partial charge in [0.1, 0.15) is 0 Å². The molecule has 1 fully saturated rings. The molecule has 0 aromatic heterocycles. The summed E-state index contributed by atoms with van der Waals surface area (Å²) in [6.07, 6.45) is 1.65. The van der Waals surface area contributed by atoms with Crippen LogP contribution in [0.25, 0.3) is 0 Å². The van der Waals surface area contributed by atoms with Crippen LogP contribution in [0.3, 0.4) is 0 Å². The van der Waals surface area contributed by atoms with Crippen molar-refractivity contribution in [1.29, 1.82) is 0 Å². The lowest BCUT2D eigenvalue weighted by Crippen LogP contribution is -2.51. The molecule has 0 aliphatic carbocycles. The molecule has 0 saturated carbocycles. The first-order valence-corrected chi connectivity index (χ1v) is 6.94. The van der Waals surface area contributed by atoms with Crippen molar-refractivity contribution in [3.8, 4) is 0 Å². The van der Waals surface area contributed by atoms with Gasteiger partial charge < -0.3 is 10.1 Å². The second kappa shape index (κ2) is 6.37. The van der Waals surface area contributed by atoms with Crippen LogP contribution in [-0.4, -0.2) is 48.6 Å². The largest absolute Gasteiger partial charge is 0.469 e. The Morgan fingerprint density at radius 2 is 2.11 bits per heavy atom. The van der Waals surface area contributed by atoms with Gasteiger partial charge in [-0.1, -0.05) is 6.92 Å². The highest BCUT2D eigenvalue weighted by Crippen LogP contribution is 2.20. The summed E-state index contributed by atoms with van der Waals surface area (Å²) < 4.78 is 4.75. The number of esters is 1. The topological polar surface area (TPSA) is 58.6 Å². The van der Waals surface area contributed by atoms with Crippen LogP contribution in [0.2, 0.25) is 0 Å². The highest BCUT2D eigenvalue weighted by atomic mass is 16.5. The first kappa shape index (κ1) is 16.0. The lowest BCUT2D eigenvalue weighted by Gasteiger charge is -2.30. The van der Waals surface area contributed by atoms with Gasteiger partial charge in [-0.3, -0.25) is 14.5 Å². The Kier molecular flexibility index (Phi) is 5.35. The number of methoxy groups -OCH3 is 1. The van der Waals surface area contributed by atoms with Crippen molar-refractivity contribution in [1.82, 2.24) is 10.2 Å². The molecule has 1 N–H and O–H groups in total. The van der Waals surface area contributed by atoms with Gasteiger partial charge in [0.25, 0.3) is 0 Å². The van der Waals surface area contributed by atoms with Crippen LogP contribution in [0, 0.1) is 5.92 Å². The van der Waals surface area contributed by atoms with Crippen molar-refractivity contribution in [2.45, 2.75) is 52.1 Å². The predicted molar refractivity (Wildman–Crippen MR) is 73.7 cm³/mol. The Labute approximate surface area is 115 Å². The van der Waals surface area contributed by atoms with Crippen molar-refractivity contribution >= 4 is 11.9 Å². The lowest BCUT2D eigenvalue weighted by molar-refractivity contribution is -0.145. The molecular weight excluding hydrogens is 244 g/mol. The van der Waals surface area contributed by atoms with Crippen molar-refractivity contribution in [3.05, 3.63) is 0 Å². The predicted octanol–water partition coefficient (Wildman–Crippen LogP) is 1.17. The normalized spacial score (nSPS) is 22.1. The molecule has 0 aromatic rings. The molecule has 1 heterocycles. The van der Waals surface area contributed by atoms with E-state index in [0.717, 1.165) is 19.4 Å². The fourth-order valence-electron chi connectivity index (χ4n) is 2.19. The highest BCUT2D eigenvalue weighted by Gasteiger charge is 2.34. The number of amides is 1. The number of rotatable bonds is 5. The minimum atomic E-state index is -0.208. The number of nitrogens with zero attached hydrogens (tertiary/aromatic N) is 1. The van der Waals surface area contributed by atoms with Crippen molar-refractivity contribution < 1.29 is 14.3 Å². The molecule has 1 aliphatic heterocycles. The second-order valence-corrected chi connectivity index (χ2v) is 5.91. The number of ether oxygens (including phenoxy) is 1. The van der Waals surface area contributed by atoms with Crippen molar-refractivity contribution in [2.75, 3.05) is 20.2 Å². The maximum Gasteiger partial charge on any atom is 0.310 e. The summed E-state index contributed by atoms with van der Waals surface area (Å²) in [4.78, 5) is 25.7. The van der Waals surface area contributed by atoms with Gasteiger partial charge in [-0.05, 0) is 40.2 Å². The molecule has 1 rings (SSSR count). The van der Waals surface area contributed by atoms with E-state index in [2.05, 4.69) is 5.32 Å². The third-order valence-corrected chi connectivity index (χ3v) is 4.03. The Morgan fingerprint density at radius 3 is 2.63 bits per heavy atom. The van der Waals surface area contributed by atoms with Gasteiger partial charge in [-0.15, -0.1) is 0 Å². The molecule has 1 saturated heterocycles. The van der Waals surface area contributed by atoms with E-state index >= 15 is 0 Å². The van der Waals surface area contributed by atoms with Gasteiger partial charge in [0.05, 0.1) is 19.1 Å². The first-order chi connectivity index (χ1) is 8.80. The molecule has 1 aliphatic rings. The average molecular weight is 270 g/mol. The molecule has 2 atom stereocenters. The van der Waals surface area contributed by atoms with Crippen LogP contribution in [-0.2, 0) is 14.3 Å². The van der Waals surface area contributed by atoms with E-state index in [1.54, 1.807) is 0 Å². The van der Waals surface area contributed by atoms with Gasteiger partial charge in [-0.2, -0.15) is 0 Å².